The summed E-state index contributed by atoms with van der Waals surface area (Å²) in [5.74, 6) is 3.32. The normalized spacial score (nSPS) is 19.5. The molecule has 1 aliphatic heterocycles. The van der Waals surface area contributed by atoms with E-state index in [0.29, 0.717) is 24.5 Å². The van der Waals surface area contributed by atoms with Crippen molar-refractivity contribution in [2.75, 3.05) is 11.5 Å². The largest absolute Gasteiger partial charge is 0.466 e. The van der Waals surface area contributed by atoms with Gasteiger partial charge in [-0.15, -0.1) is 11.3 Å². The van der Waals surface area contributed by atoms with Crippen LogP contribution < -0.4 is 0 Å². The summed E-state index contributed by atoms with van der Waals surface area (Å²) >= 11 is 1.66. The quantitative estimate of drug-likeness (QED) is 0.698. The van der Waals surface area contributed by atoms with Crippen LogP contribution in [0.1, 0.15) is 34.7 Å². The summed E-state index contributed by atoms with van der Waals surface area (Å²) in [4.78, 5) is 5.91. The molecule has 8 heteroatoms. The molecule has 6 nitrogen and oxygen atoms in total. The molecule has 3 aromatic heterocycles. The van der Waals surface area contributed by atoms with Crippen molar-refractivity contribution >= 4 is 21.2 Å². The van der Waals surface area contributed by atoms with E-state index in [1.807, 2.05) is 31.4 Å². The zero-order valence-electron chi connectivity index (χ0n) is 14.1. The van der Waals surface area contributed by atoms with Crippen LogP contribution in [-0.2, 0) is 16.3 Å². The van der Waals surface area contributed by atoms with Crippen molar-refractivity contribution in [3.63, 3.8) is 0 Å². The van der Waals surface area contributed by atoms with E-state index in [-0.39, 0.29) is 17.5 Å². The average Bonchev–Trinajstić information content (AvgIpc) is 3.28. The molecule has 0 aliphatic carbocycles. The minimum Gasteiger partial charge on any atom is -0.466 e. The number of hydrogen-bond acceptors (Lipinski definition) is 6. The predicted octanol–water partition coefficient (Wildman–Crippen LogP) is 3.17. The Kier molecular flexibility index (Phi) is 4.04. The highest BCUT2D eigenvalue weighted by Crippen LogP contribution is 2.31. The Labute approximate surface area is 150 Å². The Bertz CT molecular complexity index is 1000. The molecule has 0 radical (unpaired) electrons. The van der Waals surface area contributed by atoms with Crippen LogP contribution in [0, 0.1) is 13.8 Å². The topological polar surface area (TPSA) is 78.0 Å². The van der Waals surface area contributed by atoms with Crippen LogP contribution >= 0.6 is 11.3 Å². The number of rotatable bonds is 4. The van der Waals surface area contributed by atoms with E-state index in [4.69, 9.17) is 9.40 Å². The Morgan fingerprint density at radius 1 is 1.40 bits per heavy atom. The molecule has 1 saturated heterocycles. The fourth-order valence-corrected chi connectivity index (χ4v) is 5.66. The first-order valence-corrected chi connectivity index (χ1v) is 10.9. The molecule has 25 heavy (non-hydrogen) atoms. The minimum atomic E-state index is -3.00. The third kappa shape index (κ3) is 3.28. The molecule has 3 aromatic rings. The molecule has 4 rings (SSSR count). The number of thiophene rings is 1. The third-order valence-electron chi connectivity index (χ3n) is 4.42. The van der Waals surface area contributed by atoms with Crippen LogP contribution in [0.15, 0.2) is 28.0 Å². The molecular weight excluding hydrogens is 358 g/mol. The lowest BCUT2D eigenvalue weighted by molar-refractivity contribution is 0.494. The molecule has 132 valence electrons. The van der Waals surface area contributed by atoms with Gasteiger partial charge in [0.2, 0.25) is 0 Å². The molecule has 0 N–H and O–H groups in total. The number of aromatic nitrogens is 3. The van der Waals surface area contributed by atoms with Crippen molar-refractivity contribution < 1.29 is 12.8 Å². The smallest absolute Gasteiger partial charge is 0.162 e. The second-order valence-electron chi connectivity index (χ2n) is 6.44. The molecule has 1 atom stereocenters. The molecule has 1 unspecified atom stereocenters. The first-order chi connectivity index (χ1) is 11.9. The number of furan rings is 1. The van der Waals surface area contributed by atoms with E-state index in [0.717, 1.165) is 17.1 Å². The summed E-state index contributed by atoms with van der Waals surface area (Å²) in [5, 5.41) is 6.69. The summed E-state index contributed by atoms with van der Waals surface area (Å²) in [5.41, 5.74) is 0.881. The van der Waals surface area contributed by atoms with Crippen LogP contribution in [0.3, 0.4) is 0 Å². The van der Waals surface area contributed by atoms with Gasteiger partial charge in [0.1, 0.15) is 11.5 Å². The van der Waals surface area contributed by atoms with Crippen LogP contribution in [-0.4, -0.2) is 34.7 Å². The highest BCUT2D eigenvalue weighted by Gasteiger charge is 2.32. The summed E-state index contributed by atoms with van der Waals surface area (Å²) in [6.45, 7) is 3.79. The molecule has 4 heterocycles. The van der Waals surface area contributed by atoms with Gasteiger partial charge in [-0.25, -0.2) is 18.1 Å². The van der Waals surface area contributed by atoms with Crippen molar-refractivity contribution in [2.45, 2.75) is 32.7 Å². The van der Waals surface area contributed by atoms with Gasteiger partial charge < -0.3 is 4.42 Å². The van der Waals surface area contributed by atoms with Crippen molar-refractivity contribution in [2.24, 2.45) is 0 Å². The predicted molar refractivity (Wildman–Crippen MR) is 96.6 cm³/mol. The first-order valence-electron chi connectivity index (χ1n) is 8.17. The van der Waals surface area contributed by atoms with E-state index in [1.54, 1.807) is 16.0 Å². The summed E-state index contributed by atoms with van der Waals surface area (Å²) in [6.07, 6.45) is 1.22. The highest BCUT2D eigenvalue weighted by molar-refractivity contribution is 7.91. The fourth-order valence-electron chi connectivity index (χ4n) is 3.27. The molecule has 0 aromatic carbocycles. The van der Waals surface area contributed by atoms with Crippen LogP contribution in [0.25, 0.3) is 11.4 Å². The molecular formula is C17H19N3O3S2. The second-order valence-corrected chi connectivity index (χ2v) is 9.70. The SMILES string of the molecule is Cc1cc(-c2nc(Cc3cccs3)nn2C2CCS(=O)(=O)C2)c(C)o1. The monoisotopic (exact) mass is 377 g/mol. The van der Waals surface area contributed by atoms with Gasteiger partial charge in [-0.1, -0.05) is 6.07 Å². The van der Waals surface area contributed by atoms with Crippen molar-refractivity contribution in [3.05, 3.63) is 45.8 Å². The average molecular weight is 377 g/mol. The molecule has 1 aliphatic rings. The summed E-state index contributed by atoms with van der Waals surface area (Å²) in [7, 11) is -3.00. The molecule has 0 saturated carbocycles. The molecule has 0 bridgehead atoms. The Balaban J connectivity index is 1.77. The first kappa shape index (κ1) is 16.5. The zero-order valence-corrected chi connectivity index (χ0v) is 15.7. The number of aryl methyl sites for hydroxylation is 2. The van der Waals surface area contributed by atoms with Crippen molar-refractivity contribution in [1.82, 2.24) is 14.8 Å². The molecule has 0 spiro atoms. The van der Waals surface area contributed by atoms with Crippen molar-refractivity contribution in [1.29, 1.82) is 0 Å². The lowest BCUT2D eigenvalue weighted by atomic mass is 10.2. The van der Waals surface area contributed by atoms with Gasteiger partial charge in [0, 0.05) is 11.3 Å². The Morgan fingerprint density at radius 3 is 2.84 bits per heavy atom. The molecule has 1 fully saturated rings. The summed E-state index contributed by atoms with van der Waals surface area (Å²) in [6, 6.07) is 5.83. The van der Waals surface area contributed by atoms with Gasteiger partial charge in [0.25, 0.3) is 0 Å². The highest BCUT2D eigenvalue weighted by atomic mass is 32.2. The third-order valence-corrected chi connectivity index (χ3v) is 7.05. The van der Waals surface area contributed by atoms with Crippen LogP contribution in [0.4, 0.5) is 0 Å². The fraction of sp³-hybridized carbons (Fsp3) is 0.412. The number of hydrogen-bond donors (Lipinski definition) is 0. The van der Waals surface area contributed by atoms with Crippen LogP contribution in [0.5, 0.6) is 0 Å². The van der Waals surface area contributed by atoms with Gasteiger partial charge in [0.05, 0.1) is 23.1 Å². The van der Waals surface area contributed by atoms with Gasteiger partial charge in [-0.2, -0.15) is 5.10 Å². The lowest BCUT2D eigenvalue weighted by Gasteiger charge is -2.11. The maximum Gasteiger partial charge on any atom is 0.162 e. The van der Waals surface area contributed by atoms with E-state index in [1.165, 1.54) is 4.88 Å². The Hall–Kier alpha value is -1.93. The molecule has 0 amide bonds. The van der Waals surface area contributed by atoms with Crippen LogP contribution in [0.2, 0.25) is 0 Å². The van der Waals surface area contributed by atoms with Gasteiger partial charge >= 0.3 is 0 Å². The van der Waals surface area contributed by atoms with Crippen molar-refractivity contribution in [3.8, 4) is 11.4 Å². The van der Waals surface area contributed by atoms with Gasteiger partial charge in [-0.05, 0) is 37.8 Å². The van der Waals surface area contributed by atoms with E-state index >= 15 is 0 Å². The van der Waals surface area contributed by atoms with E-state index < -0.39 is 9.84 Å². The number of sulfone groups is 1. The maximum atomic E-state index is 11.9. The summed E-state index contributed by atoms with van der Waals surface area (Å²) < 4.78 is 31.3. The maximum absolute atomic E-state index is 11.9. The lowest BCUT2D eigenvalue weighted by Crippen LogP contribution is -2.14. The van der Waals surface area contributed by atoms with E-state index in [9.17, 15) is 8.42 Å². The minimum absolute atomic E-state index is 0.123. The van der Waals surface area contributed by atoms with Gasteiger partial charge in [-0.3, -0.25) is 0 Å². The second kappa shape index (κ2) is 6.10. The number of nitrogens with zero attached hydrogens (tertiary/aromatic N) is 3. The Morgan fingerprint density at radius 2 is 2.24 bits per heavy atom. The zero-order chi connectivity index (χ0) is 17.6. The van der Waals surface area contributed by atoms with E-state index in [2.05, 4.69) is 11.2 Å². The van der Waals surface area contributed by atoms with Gasteiger partial charge in [0.15, 0.2) is 21.5 Å². The standard InChI is InChI=1S/C17H19N3O3S2/c1-11-8-15(12(2)23-11)17-18-16(9-14-4-3-6-24-14)19-20(17)13-5-7-25(21,22)10-13/h3-4,6,8,13H,5,7,9-10H2,1-2H3.